The van der Waals surface area contributed by atoms with E-state index in [-0.39, 0.29) is 23.8 Å². The normalized spacial score (nSPS) is 11.3. The van der Waals surface area contributed by atoms with Gasteiger partial charge < -0.3 is 0 Å². The van der Waals surface area contributed by atoms with E-state index in [4.69, 9.17) is 0 Å². The van der Waals surface area contributed by atoms with Crippen LogP contribution in [-0.2, 0) is 27.8 Å². The quantitative estimate of drug-likeness (QED) is 0.534. The molecular formula is C22H23N3O4S2. The molecule has 0 aliphatic heterocycles. The molecule has 3 rings (SSSR count). The fraction of sp³-hybridized carbons (Fsp3) is 0.182. The summed E-state index contributed by atoms with van der Waals surface area (Å²) in [5, 5.41) is 1.88. The van der Waals surface area contributed by atoms with E-state index in [0.717, 1.165) is 16.0 Å². The largest absolute Gasteiger partial charge is 0.273 e. The highest BCUT2D eigenvalue weighted by atomic mass is 32.2. The number of hydrogen-bond acceptors (Lipinski definition) is 5. The average molecular weight is 458 g/mol. The number of carbonyl (C=O) groups is 2. The van der Waals surface area contributed by atoms with Crippen LogP contribution in [0.3, 0.4) is 0 Å². The van der Waals surface area contributed by atoms with Gasteiger partial charge in [0, 0.05) is 24.0 Å². The van der Waals surface area contributed by atoms with Gasteiger partial charge in [-0.2, -0.15) is 4.31 Å². The average Bonchev–Trinajstić information content (AvgIpc) is 3.26. The van der Waals surface area contributed by atoms with Crippen LogP contribution in [0.2, 0.25) is 0 Å². The molecule has 162 valence electrons. The first-order valence-corrected chi connectivity index (χ1v) is 11.8. The van der Waals surface area contributed by atoms with Crippen molar-refractivity contribution in [2.45, 2.75) is 24.8 Å². The minimum absolute atomic E-state index is 0.162. The van der Waals surface area contributed by atoms with E-state index in [1.807, 2.05) is 24.4 Å². The van der Waals surface area contributed by atoms with Gasteiger partial charge in [0.15, 0.2) is 0 Å². The van der Waals surface area contributed by atoms with Crippen molar-refractivity contribution in [1.82, 2.24) is 15.2 Å². The Balaban J connectivity index is 1.56. The lowest BCUT2D eigenvalue weighted by Gasteiger charge is -2.17. The van der Waals surface area contributed by atoms with Crippen molar-refractivity contribution < 1.29 is 18.0 Å². The van der Waals surface area contributed by atoms with E-state index in [9.17, 15) is 18.0 Å². The molecule has 9 heteroatoms. The second kappa shape index (κ2) is 9.86. The summed E-state index contributed by atoms with van der Waals surface area (Å²) in [7, 11) is -2.10. The molecule has 0 saturated heterocycles. The third-order valence-corrected chi connectivity index (χ3v) is 7.27. The molecule has 2 aromatic carbocycles. The molecule has 0 unspecified atom stereocenters. The summed E-state index contributed by atoms with van der Waals surface area (Å²) < 4.78 is 26.7. The molecule has 0 saturated carbocycles. The number of nitrogens with one attached hydrogen (secondary N) is 2. The molecular weight excluding hydrogens is 434 g/mol. The highest BCUT2D eigenvalue weighted by Gasteiger charge is 2.20. The SMILES string of the molecule is Cc1ccc(S(=O)(=O)N(C)Cc2ccc(C(=O)NNC(=O)Cc3cccs3)cc2)cc1. The Morgan fingerprint density at radius 1 is 0.968 bits per heavy atom. The van der Waals surface area contributed by atoms with Crippen LogP contribution < -0.4 is 10.9 Å². The topological polar surface area (TPSA) is 95.6 Å². The molecule has 3 aromatic rings. The fourth-order valence-corrected chi connectivity index (χ4v) is 4.67. The number of thiophene rings is 1. The van der Waals surface area contributed by atoms with Gasteiger partial charge in [-0.05, 0) is 48.2 Å². The second-order valence-electron chi connectivity index (χ2n) is 7.03. The first-order chi connectivity index (χ1) is 14.8. The van der Waals surface area contributed by atoms with E-state index in [1.165, 1.54) is 22.7 Å². The zero-order valence-electron chi connectivity index (χ0n) is 17.2. The van der Waals surface area contributed by atoms with Gasteiger partial charge in [0.25, 0.3) is 5.91 Å². The smallest absolute Gasteiger partial charge is 0.269 e. The fourth-order valence-electron chi connectivity index (χ4n) is 2.81. The minimum Gasteiger partial charge on any atom is -0.273 e. The van der Waals surface area contributed by atoms with Crippen LogP contribution in [0.25, 0.3) is 0 Å². The lowest BCUT2D eigenvalue weighted by atomic mass is 10.1. The Kier molecular flexibility index (Phi) is 7.21. The maximum atomic E-state index is 12.7. The zero-order chi connectivity index (χ0) is 22.4. The van der Waals surface area contributed by atoms with Gasteiger partial charge in [-0.15, -0.1) is 11.3 Å². The van der Waals surface area contributed by atoms with E-state index in [2.05, 4.69) is 10.9 Å². The number of aryl methyl sites for hydroxylation is 1. The summed E-state index contributed by atoms with van der Waals surface area (Å²) >= 11 is 1.47. The number of hydrogen-bond donors (Lipinski definition) is 2. The van der Waals surface area contributed by atoms with Gasteiger partial charge in [-0.1, -0.05) is 35.9 Å². The molecule has 0 bridgehead atoms. The number of nitrogens with zero attached hydrogens (tertiary/aromatic N) is 1. The van der Waals surface area contributed by atoms with Crippen LogP contribution in [-0.4, -0.2) is 31.6 Å². The summed E-state index contributed by atoms with van der Waals surface area (Å²) in [6.07, 6.45) is 0.193. The van der Waals surface area contributed by atoms with Crippen molar-refractivity contribution in [3.8, 4) is 0 Å². The molecule has 0 atom stereocenters. The minimum atomic E-state index is -3.61. The first-order valence-electron chi connectivity index (χ1n) is 9.49. The third kappa shape index (κ3) is 6.00. The van der Waals surface area contributed by atoms with Gasteiger partial charge in [-0.3, -0.25) is 20.4 Å². The predicted octanol–water partition coefficient (Wildman–Crippen LogP) is 2.88. The maximum absolute atomic E-state index is 12.7. The molecule has 0 fully saturated rings. The van der Waals surface area contributed by atoms with Gasteiger partial charge in [0.1, 0.15) is 0 Å². The Morgan fingerprint density at radius 3 is 2.26 bits per heavy atom. The lowest BCUT2D eigenvalue weighted by Crippen LogP contribution is -2.42. The Labute approximate surface area is 185 Å². The van der Waals surface area contributed by atoms with E-state index in [1.54, 1.807) is 48.5 Å². The number of amides is 2. The van der Waals surface area contributed by atoms with E-state index < -0.39 is 15.9 Å². The maximum Gasteiger partial charge on any atom is 0.269 e. The molecule has 2 amide bonds. The monoisotopic (exact) mass is 457 g/mol. The summed E-state index contributed by atoms with van der Waals surface area (Å²) in [6, 6.07) is 16.9. The Bertz CT molecular complexity index is 1140. The molecule has 0 spiro atoms. The number of benzene rings is 2. The second-order valence-corrected chi connectivity index (χ2v) is 10.1. The van der Waals surface area contributed by atoms with Crippen LogP contribution in [0.15, 0.2) is 70.9 Å². The number of carbonyl (C=O) groups excluding carboxylic acids is 2. The van der Waals surface area contributed by atoms with Crippen LogP contribution in [0.5, 0.6) is 0 Å². The first kappa shape index (κ1) is 22.7. The zero-order valence-corrected chi connectivity index (χ0v) is 18.8. The molecule has 2 N–H and O–H groups in total. The summed E-state index contributed by atoms with van der Waals surface area (Å²) in [6.45, 7) is 2.06. The number of sulfonamides is 1. The van der Waals surface area contributed by atoms with Gasteiger partial charge in [0.2, 0.25) is 15.9 Å². The molecule has 1 aromatic heterocycles. The molecule has 0 aliphatic carbocycles. The standard InChI is InChI=1S/C22H23N3O4S2/c1-16-5-11-20(12-6-16)31(28,29)25(2)15-17-7-9-18(10-8-17)22(27)24-23-21(26)14-19-4-3-13-30-19/h3-13H,14-15H2,1-2H3,(H,23,26)(H,24,27). The van der Waals surface area contributed by atoms with Crippen molar-refractivity contribution in [3.05, 3.63) is 87.6 Å². The Hall–Kier alpha value is -3.01. The van der Waals surface area contributed by atoms with Gasteiger partial charge in [-0.25, -0.2) is 8.42 Å². The molecule has 1 heterocycles. The summed E-state index contributed by atoms with van der Waals surface area (Å²) in [4.78, 5) is 25.2. The van der Waals surface area contributed by atoms with Crippen LogP contribution >= 0.6 is 11.3 Å². The van der Waals surface area contributed by atoms with Gasteiger partial charge >= 0.3 is 0 Å². The highest BCUT2D eigenvalue weighted by molar-refractivity contribution is 7.89. The van der Waals surface area contributed by atoms with Crippen LogP contribution in [0.4, 0.5) is 0 Å². The number of rotatable bonds is 7. The predicted molar refractivity (Wildman–Crippen MR) is 120 cm³/mol. The number of hydrazine groups is 1. The molecule has 0 radical (unpaired) electrons. The van der Waals surface area contributed by atoms with Crippen molar-refractivity contribution in [2.75, 3.05) is 7.05 Å². The van der Waals surface area contributed by atoms with Gasteiger partial charge in [0.05, 0.1) is 11.3 Å². The summed E-state index contributed by atoms with van der Waals surface area (Å²) in [5.41, 5.74) is 6.84. The van der Waals surface area contributed by atoms with Crippen LogP contribution in [0, 0.1) is 6.92 Å². The molecule has 31 heavy (non-hydrogen) atoms. The van der Waals surface area contributed by atoms with E-state index >= 15 is 0 Å². The molecule has 7 nitrogen and oxygen atoms in total. The lowest BCUT2D eigenvalue weighted by molar-refractivity contribution is -0.121. The van der Waals surface area contributed by atoms with Crippen molar-refractivity contribution >= 4 is 33.2 Å². The summed E-state index contributed by atoms with van der Waals surface area (Å²) in [5.74, 6) is -0.762. The van der Waals surface area contributed by atoms with Crippen molar-refractivity contribution in [2.24, 2.45) is 0 Å². The van der Waals surface area contributed by atoms with Crippen LogP contribution in [0.1, 0.15) is 26.4 Å². The van der Waals surface area contributed by atoms with E-state index in [0.29, 0.717) is 5.56 Å². The van der Waals surface area contributed by atoms with Crippen molar-refractivity contribution in [3.63, 3.8) is 0 Å². The Morgan fingerprint density at radius 2 is 1.65 bits per heavy atom. The highest BCUT2D eigenvalue weighted by Crippen LogP contribution is 2.17. The third-order valence-electron chi connectivity index (χ3n) is 4.58. The van der Waals surface area contributed by atoms with Crippen molar-refractivity contribution in [1.29, 1.82) is 0 Å². The molecule has 0 aliphatic rings.